The topological polar surface area (TPSA) is 77.8 Å². The Bertz CT molecular complexity index is 61.9. The van der Waals surface area contributed by atoms with Gasteiger partial charge in [-0.1, -0.05) is 0 Å². The van der Waals surface area contributed by atoms with Gasteiger partial charge in [0.2, 0.25) is 0 Å². The second kappa shape index (κ2) is 15.1. The van der Waals surface area contributed by atoms with Crippen LogP contribution in [0.2, 0.25) is 0 Å². The van der Waals surface area contributed by atoms with Gasteiger partial charge < -0.3 is 14.7 Å². The van der Waals surface area contributed by atoms with Gasteiger partial charge in [0.15, 0.2) is 0 Å². The van der Waals surface area contributed by atoms with Crippen molar-refractivity contribution in [2.45, 2.75) is 0 Å². The summed E-state index contributed by atoms with van der Waals surface area (Å²) in [6, 6.07) is 0. The van der Waals surface area contributed by atoms with Gasteiger partial charge in [-0.05, 0) is 0 Å². The third kappa shape index (κ3) is 66.3. The summed E-state index contributed by atoms with van der Waals surface area (Å²) in [5, 5.41) is 0. The summed E-state index contributed by atoms with van der Waals surface area (Å²) in [5.74, 6) is 0. The van der Waals surface area contributed by atoms with E-state index in [2.05, 4.69) is 0 Å². The molecule has 0 aliphatic rings. The van der Waals surface area contributed by atoms with E-state index in [1.165, 1.54) is 0 Å². The Labute approximate surface area is 159 Å². The van der Waals surface area contributed by atoms with Crippen molar-refractivity contribution in [3.63, 3.8) is 0 Å². The zero-order valence-corrected chi connectivity index (χ0v) is 14.0. The Morgan fingerprint density at radius 1 is 0.889 bits per heavy atom. The third-order valence-corrected chi connectivity index (χ3v) is 0. The van der Waals surface area contributed by atoms with Crippen LogP contribution in [0, 0.1) is 0 Å². The predicted molar refractivity (Wildman–Crippen MR) is 37.3 cm³/mol. The van der Waals surface area contributed by atoms with E-state index in [-0.39, 0.29) is 136 Å². The maximum absolute atomic E-state index is 8.88. The van der Waals surface area contributed by atoms with E-state index < -0.39 is 7.82 Å². The molecule has 9 heavy (non-hydrogen) atoms. The van der Waals surface area contributed by atoms with E-state index in [0.29, 0.717) is 0 Å². The van der Waals surface area contributed by atoms with Gasteiger partial charge in [0.05, 0.1) is 0 Å². The van der Waals surface area contributed by atoms with E-state index >= 15 is 0 Å². The SMILES string of the molecule is O=P(O)(O)O.[Ca+2].[Ca+2].[Ca+2].[Mg+2]. The molecule has 3 N–H and O–H groups in total. The normalized spacial score (nSPS) is 6.56. The molecule has 0 aromatic carbocycles. The minimum Gasteiger partial charge on any atom is -0.303 e. The van der Waals surface area contributed by atoms with Gasteiger partial charge >= 0.3 is 144 Å². The molecule has 0 amide bonds. The molecule has 0 aromatic rings. The van der Waals surface area contributed by atoms with Crippen LogP contribution in [-0.2, 0) is 4.57 Å². The molecule has 4 nitrogen and oxygen atoms in total. The van der Waals surface area contributed by atoms with Gasteiger partial charge in [0.25, 0.3) is 0 Å². The molecule has 0 fully saturated rings. The molecule has 0 atom stereocenters. The van der Waals surface area contributed by atoms with Crippen molar-refractivity contribution in [2.24, 2.45) is 0 Å². The standard InChI is InChI=1S/3Ca.Mg.H3O4P/c;;;;1-5(2,3)4/h;;;;(H3,1,2,3,4)/q4*+2;. The van der Waals surface area contributed by atoms with Crippen molar-refractivity contribution in [3.8, 4) is 0 Å². The minimum atomic E-state index is -4.64. The molecule has 0 radical (unpaired) electrons. The fourth-order valence-electron chi connectivity index (χ4n) is 0. The van der Waals surface area contributed by atoms with Crippen LogP contribution in [0.5, 0.6) is 0 Å². The first-order valence-electron chi connectivity index (χ1n) is 0.783. The number of phosphoric acid groups is 1. The van der Waals surface area contributed by atoms with Crippen molar-refractivity contribution in [1.82, 2.24) is 0 Å². The largest absolute Gasteiger partial charge is 2.00 e. The molecular weight excluding hydrogens is 240 g/mol. The summed E-state index contributed by atoms with van der Waals surface area (Å²) in [6.07, 6.45) is 0. The maximum atomic E-state index is 8.88. The fraction of sp³-hybridized carbons (Fsp3) is 0. The fourth-order valence-corrected chi connectivity index (χ4v) is 0. The van der Waals surface area contributed by atoms with Gasteiger partial charge in [-0.3, -0.25) is 0 Å². The van der Waals surface area contributed by atoms with Crippen LogP contribution in [-0.4, -0.2) is 151 Å². The summed E-state index contributed by atoms with van der Waals surface area (Å²) in [4.78, 5) is 21.6. The summed E-state index contributed by atoms with van der Waals surface area (Å²) in [7, 11) is -4.64. The van der Waals surface area contributed by atoms with Gasteiger partial charge in [-0.2, -0.15) is 0 Å². The Morgan fingerprint density at radius 3 is 0.889 bits per heavy atom. The molecule has 0 spiro atoms. The van der Waals surface area contributed by atoms with Crippen molar-refractivity contribution in [2.75, 3.05) is 0 Å². The van der Waals surface area contributed by atoms with Gasteiger partial charge in [-0.25, -0.2) is 4.57 Å². The van der Waals surface area contributed by atoms with E-state index in [4.69, 9.17) is 19.2 Å². The first-order chi connectivity index (χ1) is 2.00. The molecule has 9 heteroatoms. The molecule has 0 aliphatic heterocycles. The molecule has 0 unspecified atom stereocenters. The minimum absolute atomic E-state index is 0. The van der Waals surface area contributed by atoms with Gasteiger partial charge in [0.1, 0.15) is 0 Å². The summed E-state index contributed by atoms with van der Waals surface area (Å²) in [6.45, 7) is 0. The van der Waals surface area contributed by atoms with Gasteiger partial charge in [0, 0.05) is 0 Å². The van der Waals surface area contributed by atoms with Crippen molar-refractivity contribution in [1.29, 1.82) is 0 Å². The smallest absolute Gasteiger partial charge is 0.303 e. The van der Waals surface area contributed by atoms with Crippen LogP contribution in [0.15, 0.2) is 0 Å². The quantitative estimate of drug-likeness (QED) is 0.325. The van der Waals surface area contributed by atoms with Crippen LogP contribution in [0.1, 0.15) is 0 Å². The second-order valence-electron chi connectivity index (χ2n) is 0.513. The monoisotopic (exact) mass is 242 g/mol. The Balaban J connectivity index is -0.0000000133. The summed E-state index contributed by atoms with van der Waals surface area (Å²) < 4.78 is 8.88. The number of hydrogen-bond acceptors (Lipinski definition) is 1. The molecule has 0 bridgehead atoms. The first-order valence-corrected chi connectivity index (χ1v) is 2.35. The molecule has 0 heterocycles. The van der Waals surface area contributed by atoms with Crippen LogP contribution < -0.4 is 0 Å². The van der Waals surface area contributed by atoms with E-state index in [9.17, 15) is 0 Å². The number of rotatable bonds is 0. The van der Waals surface area contributed by atoms with Gasteiger partial charge in [-0.15, -0.1) is 0 Å². The number of hydrogen-bond donors (Lipinski definition) is 3. The predicted octanol–water partition coefficient (Wildman–Crippen LogP) is -2.45. The maximum Gasteiger partial charge on any atom is 2.00 e. The molecule has 0 aliphatic carbocycles. The van der Waals surface area contributed by atoms with Crippen LogP contribution in [0.3, 0.4) is 0 Å². The molecule has 0 saturated heterocycles. The average Bonchev–Trinajstić information content (AvgIpc) is 0.722. The van der Waals surface area contributed by atoms with Crippen LogP contribution in [0.4, 0.5) is 0 Å². The zero-order valence-electron chi connectivity index (χ0n) is 5.03. The first kappa shape index (κ1) is 29.2. The van der Waals surface area contributed by atoms with Crippen LogP contribution in [0.25, 0.3) is 0 Å². The van der Waals surface area contributed by atoms with Crippen molar-refractivity contribution in [3.05, 3.63) is 0 Å². The average molecular weight is 243 g/mol. The van der Waals surface area contributed by atoms with Crippen molar-refractivity contribution >= 4 is 144 Å². The zero-order chi connectivity index (χ0) is 4.50. The molecule has 0 aromatic heterocycles. The molecule has 32 valence electrons. The Hall–Kier alpha value is 4.66. The third-order valence-electron chi connectivity index (χ3n) is 0. The molecule has 0 rings (SSSR count). The van der Waals surface area contributed by atoms with Crippen molar-refractivity contribution < 1.29 is 19.2 Å². The van der Waals surface area contributed by atoms with E-state index in [1.807, 2.05) is 0 Å². The second-order valence-corrected chi connectivity index (χ2v) is 1.54. The Morgan fingerprint density at radius 2 is 0.889 bits per heavy atom. The van der Waals surface area contributed by atoms with Crippen LogP contribution >= 0.6 is 7.82 Å². The molecular formula is H3Ca3MgO4P+8. The Kier molecular flexibility index (Phi) is 49.1. The van der Waals surface area contributed by atoms with E-state index in [0.717, 1.165) is 0 Å². The molecule has 0 saturated carbocycles. The summed E-state index contributed by atoms with van der Waals surface area (Å²) in [5.41, 5.74) is 0. The summed E-state index contributed by atoms with van der Waals surface area (Å²) >= 11 is 0. The van der Waals surface area contributed by atoms with E-state index in [1.54, 1.807) is 0 Å².